The van der Waals surface area contributed by atoms with Gasteiger partial charge in [0.05, 0.1) is 17.4 Å². The highest BCUT2D eigenvalue weighted by Crippen LogP contribution is 2.38. The van der Waals surface area contributed by atoms with Gasteiger partial charge in [0, 0.05) is 57.2 Å². The number of carbonyl (C=O) groups is 2. The van der Waals surface area contributed by atoms with Crippen molar-refractivity contribution in [1.82, 2.24) is 9.88 Å². The van der Waals surface area contributed by atoms with Gasteiger partial charge in [0.1, 0.15) is 5.56 Å². The molecule has 2 aromatic carbocycles. The van der Waals surface area contributed by atoms with Crippen molar-refractivity contribution in [3.63, 3.8) is 0 Å². The first-order valence-electron chi connectivity index (χ1n) is 12.3. The molecule has 1 aromatic heterocycles. The number of aliphatic hydroxyl groups is 1. The first-order chi connectivity index (χ1) is 18.5. The zero-order valence-electron chi connectivity index (χ0n) is 21.1. The van der Waals surface area contributed by atoms with Crippen LogP contribution in [0.1, 0.15) is 34.5 Å². The molecule has 1 aliphatic heterocycles. The third-order valence-electron chi connectivity index (χ3n) is 6.48. The number of pyridine rings is 1. The standard InChI is InChI=1S/C27H28F3N5O4/c1-17(36)34-11-13-35(14-12-34)22-8-7-19(15-20(22)27(28,29)30)33-26(39)24-21(9-10-31-25(24)38)32-16-23(37)18-5-3-2-4-6-18/h2-10,15,23,37H,11-14,16H2,1H3,(H,33,39)(H2,31,32,38). The van der Waals surface area contributed by atoms with Crippen LogP contribution < -0.4 is 21.1 Å². The van der Waals surface area contributed by atoms with Crippen molar-refractivity contribution in [2.45, 2.75) is 19.2 Å². The number of aliphatic hydroxyl groups excluding tert-OH is 1. The quantitative estimate of drug-likeness (QED) is 0.363. The monoisotopic (exact) mass is 543 g/mol. The molecule has 4 N–H and O–H groups in total. The minimum atomic E-state index is -4.71. The van der Waals surface area contributed by atoms with Crippen LogP contribution in [0, 0.1) is 0 Å². The molecule has 0 spiro atoms. The predicted octanol–water partition coefficient (Wildman–Crippen LogP) is 3.46. The number of aromatic nitrogens is 1. The van der Waals surface area contributed by atoms with Gasteiger partial charge in [-0.3, -0.25) is 14.4 Å². The van der Waals surface area contributed by atoms with Crippen LogP contribution in [0.5, 0.6) is 0 Å². The topological polar surface area (TPSA) is 118 Å². The zero-order valence-corrected chi connectivity index (χ0v) is 21.1. The summed E-state index contributed by atoms with van der Waals surface area (Å²) in [5.41, 5.74) is -1.48. The van der Waals surface area contributed by atoms with Crippen LogP contribution >= 0.6 is 0 Å². The lowest BCUT2D eigenvalue weighted by Gasteiger charge is -2.36. The number of amides is 2. The van der Waals surface area contributed by atoms with Crippen molar-refractivity contribution in [1.29, 1.82) is 0 Å². The number of halogens is 3. The summed E-state index contributed by atoms with van der Waals surface area (Å²) >= 11 is 0. The number of benzene rings is 2. The molecule has 0 aliphatic carbocycles. The average molecular weight is 544 g/mol. The second-order valence-corrected chi connectivity index (χ2v) is 9.08. The number of aromatic amines is 1. The minimum absolute atomic E-state index is 0.0163. The van der Waals surface area contributed by atoms with Crippen molar-refractivity contribution in [2.75, 3.05) is 48.3 Å². The normalized spacial score (nSPS) is 14.6. The fraction of sp³-hybridized carbons (Fsp3) is 0.296. The highest BCUT2D eigenvalue weighted by molar-refractivity contribution is 6.07. The van der Waals surface area contributed by atoms with Crippen molar-refractivity contribution in [3.05, 3.63) is 87.8 Å². The molecular weight excluding hydrogens is 515 g/mol. The lowest BCUT2D eigenvalue weighted by molar-refractivity contribution is -0.137. The maximum Gasteiger partial charge on any atom is 0.418 e. The van der Waals surface area contributed by atoms with Crippen LogP contribution in [0.3, 0.4) is 0 Å². The van der Waals surface area contributed by atoms with Gasteiger partial charge in [0.2, 0.25) is 5.91 Å². The number of nitrogens with zero attached hydrogens (tertiary/aromatic N) is 2. The van der Waals surface area contributed by atoms with Crippen molar-refractivity contribution >= 4 is 28.9 Å². The maximum atomic E-state index is 14.0. The van der Waals surface area contributed by atoms with Gasteiger partial charge in [0.15, 0.2) is 0 Å². The van der Waals surface area contributed by atoms with E-state index in [1.807, 2.05) is 0 Å². The van der Waals surface area contributed by atoms with E-state index in [9.17, 15) is 32.7 Å². The Balaban J connectivity index is 1.53. The summed E-state index contributed by atoms with van der Waals surface area (Å²) in [5, 5.41) is 15.7. The number of piperazine rings is 1. The van der Waals surface area contributed by atoms with Crippen molar-refractivity contribution in [3.8, 4) is 0 Å². The lowest BCUT2D eigenvalue weighted by Crippen LogP contribution is -2.48. The molecule has 2 amide bonds. The Morgan fingerprint density at radius 3 is 2.38 bits per heavy atom. The number of hydrogen-bond donors (Lipinski definition) is 4. The van der Waals surface area contributed by atoms with E-state index in [4.69, 9.17) is 0 Å². The summed E-state index contributed by atoms with van der Waals surface area (Å²) in [6.07, 6.45) is -4.32. The molecule has 12 heteroatoms. The first kappa shape index (κ1) is 27.7. The van der Waals surface area contributed by atoms with Crippen LogP contribution in [0.25, 0.3) is 0 Å². The zero-order chi connectivity index (χ0) is 28.2. The van der Waals surface area contributed by atoms with E-state index in [-0.39, 0.29) is 48.2 Å². The van der Waals surface area contributed by atoms with Crippen molar-refractivity contribution < 1.29 is 27.9 Å². The molecule has 0 radical (unpaired) electrons. The second-order valence-electron chi connectivity index (χ2n) is 9.08. The molecule has 2 heterocycles. The van der Waals surface area contributed by atoms with E-state index in [1.165, 1.54) is 31.3 Å². The van der Waals surface area contributed by atoms with E-state index < -0.39 is 29.3 Å². The molecule has 1 aliphatic rings. The Morgan fingerprint density at radius 2 is 1.74 bits per heavy atom. The third-order valence-corrected chi connectivity index (χ3v) is 6.48. The number of carbonyl (C=O) groups excluding carboxylic acids is 2. The van der Waals surface area contributed by atoms with Crippen LogP contribution in [0.2, 0.25) is 0 Å². The molecule has 1 atom stereocenters. The Morgan fingerprint density at radius 1 is 1.05 bits per heavy atom. The van der Waals surface area contributed by atoms with Gasteiger partial charge < -0.3 is 30.5 Å². The fourth-order valence-electron chi connectivity index (χ4n) is 4.42. The fourth-order valence-corrected chi connectivity index (χ4v) is 4.42. The van der Waals surface area contributed by atoms with Gasteiger partial charge >= 0.3 is 6.18 Å². The minimum Gasteiger partial charge on any atom is -0.387 e. The molecule has 9 nitrogen and oxygen atoms in total. The predicted molar refractivity (Wildman–Crippen MR) is 141 cm³/mol. The molecular formula is C27H28F3N5O4. The third kappa shape index (κ3) is 6.58. The Labute approximate surface area is 222 Å². The van der Waals surface area contributed by atoms with E-state index in [1.54, 1.807) is 40.1 Å². The number of rotatable bonds is 7. The Bertz CT molecular complexity index is 1390. The number of nitrogens with one attached hydrogen (secondary N) is 3. The summed E-state index contributed by atoms with van der Waals surface area (Å²) in [4.78, 5) is 42.6. The smallest absolute Gasteiger partial charge is 0.387 e. The molecule has 3 aromatic rings. The van der Waals surface area contributed by atoms with E-state index in [2.05, 4.69) is 15.6 Å². The molecule has 0 bridgehead atoms. The summed E-state index contributed by atoms with van der Waals surface area (Å²) in [6.45, 7) is 2.47. The first-order valence-corrected chi connectivity index (χ1v) is 12.3. The molecule has 4 rings (SSSR count). The van der Waals surface area contributed by atoms with E-state index in [0.717, 1.165) is 6.07 Å². The largest absolute Gasteiger partial charge is 0.418 e. The number of alkyl halides is 3. The van der Waals surface area contributed by atoms with Crippen LogP contribution in [0.15, 0.2) is 65.6 Å². The van der Waals surface area contributed by atoms with Gasteiger partial charge in [-0.2, -0.15) is 13.2 Å². The summed E-state index contributed by atoms with van der Waals surface area (Å²) in [5.74, 6) is -1.05. The molecule has 1 fully saturated rings. The molecule has 0 saturated carbocycles. The van der Waals surface area contributed by atoms with E-state index >= 15 is 0 Å². The van der Waals surface area contributed by atoms with Crippen LogP contribution in [0.4, 0.5) is 30.2 Å². The van der Waals surface area contributed by atoms with Gasteiger partial charge in [-0.15, -0.1) is 0 Å². The van der Waals surface area contributed by atoms with Gasteiger partial charge in [-0.05, 0) is 29.8 Å². The second kappa shape index (κ2) is 11.6. The van der Waals surface area contributed by atoms with E-state index in [0.29, 0.717) is 18.7 Å². The lowest BCUT2D eigenvalue weighted by atomic mass is 10.1. The Kier molecular flexibility index (Phi) is 8.24. The summed E-state index contributed by atoms with van der Waals surface area (Å²) in [6, 6.07) is 13.6. The van der Waals surface area contributed by atoms with Gasteiger partial charge in [-0.1, -0.05) is 30.3 Å². The van der Waals surface area contributed by atoms with Gasteiger partial charge in [-0.25, -0.2) is 0 Å². The Hall–Kier alpha value is -4.32. The number of anilines is 3. The summed E-state index contributed by atoms with van der Waals surface area (Å²) < 4.78 is 42.0. The van der Waals surface area contributed by atoms with Gasteiger partial charge in [0.25, 0.3) is 11.5 Å². The van der Waals surface area contributed by atoms with Crippen molar-refractivity contribution in [2.24, 2.45) is 0 Å². The highest BCUT2D eigenvalue weighted by atomic mass is 19.4. The SMILES string of the molecule is CC(=O)N1CCN(c2ccc(NC(=O)c3c(NCC(O)c4ccccc4)cc[nH]c3=O)cc2C(F)(F)F)CC1. The molecule has 39 heavy (non-hydrogen) atoms. The molecule has 1 unspecified atom stereocenters. The molecule has 1 saturated heterocycles. The van der Waals surface area contributed by atoms with Crippen LogP contribution in [-0.2, 0) is 11.0 Å². The highest BCUT2D eigenvalue weighted by Gasteiger charge is 2.36. The number of H-pyrrole nitrogens is 1. The number of hydrogen-bond acceptors (Lipinski definition) is 6. The van der Waals surface area contributed by atoms with Crippen LogP contribution in [-0.4, -0.2) is 59.5 Å². The average Bonchev–Trinajstić information content (AvgIpc) is 2.91. The summed E-state index contributed by atoms with van der Waals surface area (Å²) in [7, 11) is 0. The molecule has 206 valence electrons. The maximum absolute atomic E-state index is 14.0.